The van der Waals surface area contributed by atoms with E-state index in [2.05, 4.69) is 59.0 Å². The van der Waals surface area contributed by atoms with Gasteiger partial charge in [-0.2, -0.15) is 9.50 Å². The number of hydrogen-bond donors (Lipinski definition) is 0. The van der Waals surface area contributed by atoms with E-state index in [4.69, 9.17) is 10.1 Å². The summed E-state index contributed by atoms with van der Waals surface area (Å²) in [6, 6.07) is 21.3. The first kappa shape index (κ1) is 18.6. The number of rotatable bonds is 3. The molecule has 1 aliphatic heterocycles. The van der Waals surface area contributed by atoms with E-state index >= 15 is 0 Å². The van der Waals surface area contributed by atoms with Gasteiger partial charge in [0.05, 0.1) is 0 Å². The highest BCUT2D eigenvalue weighted by Crippen LogP contribution is 2.26. The average Bonchev–Trinajstić information content (AvgIpc) is 3.17. The van der Waals surface area contributed by atoms with Crippen LogP contribution in [0.2, 0.25) is 0 Å². The van der Waals surface area contributed by atoms with Crippen molar-refractivity contribution in [2.75, 3.05) is 29.4 Å². The number of benzene rings is 2. The average molecular weight is 399 g/mol. The molecule has 2 aromatic carbocycles. The summed E-state index contributed by atoms with van der Waals surface area (Å²) in [5.74, 6) is 2.42. The van der Waals surface area contributed by atoms with Crippen LogP contribution in [-0.2, 0) is 0 Å². The molecule has 0 aliphatic carbocycles. The van der Waals surface area contributed by atoms with Gasteiger partial charge in [-0.1, -0.05) is 42.5 Å². The quantitative estimate of drug-likeness (QED) is 0.519. The Bertz CT molecular complexity index is 1180. The lowest BCUT2D eigenvalue weighted by molar-refractivity contribution is 0.543. The highest BCUT2D eigenvalue weighted by Gasteiger charge is 2.26. The number of nitrogens with zero attached hydrogens (tertiary/aromatic N) is 6. The fraction of sp³-hybridized carbons (Fsp3) is 0.292. The molecule has 6 nitrogen and oxygen atoms in total. The molecule has 1 aliphatic rings. The first-order valence-electron chi connectivity index (χ1n) is 10.5. The molecule has 0 N–H and O–H groups in total. The van der Waals surface area contributed by atoms with Crippen molar-refractivity contribution in [1.82, 2.24) is 19.6 Å². The summed E-state index contributed by atoms with van der Waals surface area (Å²) >= 11 is 0. The Labute approximate surface area is 176 Å². The molecular weight excluding hydrogens is 372 g/mol. The molecule has 0 amide bonds. The molecule has 6 heteroatoms. The van der Waals surface area contributed by atoms with E-state index in [-0.39, 0.29) is 0 Å². The second kappa shape index (κ2) is 7.44. The fourth-order valence-electron chi connectivity index (χ4n) is 4.26. The van der Waals surface area contributed by atoms with E-state index in [0.717, 1.165) is 36.7 Å². The molecular formula is C24H26N6. The van der Waals surface area contributed by atoms with Gasteiger partial charge in [0.15, 0.2) is 5.82 Å². The van der Waals surface area contributed by atoms with E-state index in [0.29, 0.717) is 17.6 Å². The lowest BCUT2D eigenvalue weighted by Crippen LogP contribution is -2.52. The molecule has 1 fully saturated rings. The van der Waals surface area contributed by atoms with Gasteiger partial charge in [0.2, 0.25) is 0 Å². The second-order valence-electron chi connectivity index (χ2n) is 8.10. The van der Waals surface area contributed by atoms with Crippen LogP contribution in [0.25, 0.3) is 17.2 Å². The minimum absolute atomic E-state index is 0.390. The van der Waals surface area contributed by atoms with Crippen LogP contribution >= 0.6 is 0 Å². The topological polar surface area (TPSA) is 49.6 Å². The van der Waals surface area contributed by atoms with Gasteiger partial charge in [0.25, 0.3) is 5.78 Å². The van der Waals surface area contributed by atoms with Crippen LogP contribution in [0.3, 0.4) is 0 Å². The molecule has 0 radical (unpaired) electrons. The molecule has 0 bridgehead atoms. The molecule has 5 rings (SSSR count). The second-order valence-corrected chi connectivity index (χ2v) is 8.10. The predicted octanol–water partition coefficient (Wildman–Crippen LogP) is 4.12. The van der Waals surface area contributed by atoms with E-state index in [1.165, 1.54) is 11.3 Å². The van der Waals surface area contributed by atoms with Crippen molar-refractivity contribution >= 4 is 17.3 Å². The van der Waals surface area contributed by atoms with Gasteiger partial charge < -0.3 is 9.80 Å². The van der Waals surface area contributed by atoms with Crippen LogP contribution in [0.4, 0.5) is 11.5 Å². The third-order valence-electron chi connectivity index (χ3n) is 5.74. The maximum absolute atomic E-state index is 4.80. The Morgan fingerprint density at radius 2 is 1.73 bits per heavy atom. The van der Waals surface area contributed by atoms with Crippen molar-refractivity contribution in [3.63, 3.8) is 0 Å². The van der Waals surface area contributed by atoms with Gasteiger partial charge in [-0.25, -0.2) is 4.98 Å². The minimum atomic E-state index is 0.390. The SMILES string of the molecule is Cc1cccc(N2CCN(c3cc(C)nc4nc(-c5ccccc5)nn34)C[C@H]2C)c1. The number of fused-ring (bicyclic) bond motifs is 1. The van der Waals surface area contributed by atoms with Crippen LogP contribution in [0.5, 0.6) is 0 Å². The van der Waals surface area contributed by atoms with Gasteiger partial charge in [-0.15, -0.1) is 5.10 Å². The predicted molar refractivity (Wildman–Crippen MR) is 121 cm³/mol. The number of aryl methyl sites for hydroxylation is 2. The molecule has 152 valence electrons. The van der Waals surface area contributed by atoms with Gasteiger partial charge in [0.1, 0.15) is 5.82 Å². The summed E-state index contributed by atoms with van der Waals surface area (Å²) in [6.07, 6.45) is 0. The Morgan fingerprint density at radius 3 is 2.50 bits per heavy atom. The molecule has 3 heterocycles. The summed E-state index contributed by atoms with van der Waals surface area (Å²) < 4.78 is 1.89. The summed E-state index contributed by atoms with van der Waals surface area (Å²) in [5.41, 5.74) is 4.55. The molecule has 30 heavy (non-hydrogen) atoms. The molecule has 1 atom stereocenters. The van der Waals surface area contributed by atoms with Crippen molar-refractivity contribution in [2.45, 2.75) is 26.8 Å². The normalized spacial score (nSPS) is 17.0. The van der Waals surface area contributed by atoms with E-state index in [1.54, 1.807) is 0 Å². The molecule has 0 saturated carbocycles. The number of hydrogen-bond acceptors (Lipinski definition) is 5. The lowest BCUT2D eigenvalue weighted by Gasteiger charge is -2.42. The van der Waals surface area contributed by atoms with Crippen molar-refractivity contribution < 1.29 is 0 Å². The van der Waals surface area contributed by atoms with Crippen molar-refractivity contribution in [1.29, 1.82) is 0 Å². The highest BCUT2D eigenvalue weighted by atomic mass is 15.4. The van der Waals surface area contributed by atoms with Gasteiger partial charge in [-0.05, 0) is 38.5 Å². The van der Waals surface area contributed by atoms with Gasteiger partial charge in [0, 0.05) is 48.7 Å². The zero-order valence-corrected chi connectivity index (χ0v) is 17.7. The summed E-state index contributed by atoms with van der Waals surface area (Å²) in [4.78, 5) is 14.2. The largest absolute Gasteiger partial charge is 0.365 e. The van der Waals surface area contributed by atoms with Crippen LogP contribution in [0, 0.1) is 13.8 Å². The molecule has 1 saturated heterocycles. The molecule has 4 aromatic rings. The summed E-state index contributed by atoms with van der Waals surface area (Å²) in [6.45, 7) is 9.28. The van der Waals surface area contributed by atoms with E-state index in [1.807, 2.05) is 41.8 Å². The zero-order chi connectivity index (χ0) is 20.7. The van der Waals surface area contributed by atoms with Crippen LogP contribution in [0.1, 0.15) is 18.2 Å². The van der Waals surface area contributed by atoms with Gasteiger partial charge in [-0.3, -0.25) is 0 Å². The van der Waals surface area contributed by atoms with Crippen molar-refractivity contribution in [3.05, 3.63) is 71.9 Å². The van der Waals surface area contributed by atoms with Crippen molar-refractivity contribution in [2.24, 2.45) is 0 Å². The summed E-state index contributed by atoms with van der Waals surface area (Å²) in [7, 11) is 0. The molecule has 2 aromatic heterocycles. The first-order chi connectivity index (χ1) is 14.6. The maximum atomic E-state index is 4.80. The standard InChI is InChI=1S/C24H26N6/c1-17-8-7-11-21(14-17)29-13-12-28(16-19(29)3)22-15-18(2)25-24-26-23(27-30(22)24)20-9-5-4-6-10-20/h4-11,14-15,19H,12-13,16H2,1-3H3/t19-/m1/s1. The Hall–Kier alpha value is -3.41. The Morgan fingerprint density at radius 1 is 0.900 bits per heavy atom. The number of anilines is 2. The van der Waals surface area contributed by atoms with E-state index in [9.17, 15) is 0 Å². The fourth-order valence-corrected chi connectivity index (χ4v) is 4.26. The van der Waals surface area contributed by atoms with E-state index < -0.39 is 0 Å². The smallest absolute Gasteiger partial charge is 0.254 e. The third kappa shape index (κ3) is 3.38. The van der Waals surface area contributed by atoms with Gasteiger partial charge >= 0.3 is 0 Å². The maximum Gasteiger partial charge on any atom is 0.254 e. The first-order valence-corrected chi connectivity index (χ1v) is 10.5. The minimum Gasteiger partial charge on any atom is -0.365 e. The van der Waals surface area contributed by atoms with Crippen molar-refractivity contribution in [3.8, 4) is 11.4 Å². The van der Waals surface area contributed by atoms with Crippen LogP contribution in [-0.4, -0.2) is 45.3 Å². The molecule has 0 unspecified atom stereocenters. The summed E-state index contributed by atoms with van der Waals surface area (Å²) in [5, 5.41) is 4.80. The Balaban J connectivity index is 1.47. The molecule has 0 spiro atoms. The van der Waals surface area contributed by atoms with Crippen LogP contribution in [0.15, 0.2) is 60.7 Å². The monoisotopic (exact) mass is 398 g/mol. The van der Waals surface area contributed by atoms with Crippen LogP contribution < -0.4 is 9.80 Å². The Kier molecular flexibility index (Phi) is 4.62. The third-order valence-corrected chi connectivity index (χ3v) is 5.74. The number of piperazine rings is 1. The number of aromatic nitrogens is 4. The highest BCUT2D eigenvalue weighted by molar-refractivity contribution is 5.59. The lowest BCUT2D eigenvalue weighted by atomic mass is 10.1. The zero-order valence-electron chi connectivity index (χ0n) is 17.7.